The van der Waals surface area contributed by atoms with Crippen molar-refractivity contribution in [2.45, 2.75) is 0 Å². The third-order valence-electron chi connectivity index (χ3n) is 4.98. The van der Waals surface area contributed by atoms with Gasteiger partial charge in [-0.1, -0.05) is 42.5 Å². The van der Waals surface area contributed by atoms with E-state index < -0.39 is 0 Å². The number of nitrogens with zero attached hydrogens (tertiary/aromatic N) is 2. The number of thiazole rings is 1. The van der Waals surface area contributed by atoms with Crippen LogP contribution in [0.2, 0.25) is 0 Å². The summed E-state index contributed by atoms with van der Waals surface area (Å²) < 4.78 is 5.41. The highest BCUT2D eigenvalue weighted by atomic mass is 32.1. The van der Waals surface area contributed by atoms with Crippen molar-refractivity contribution in [3.05, 3.63) is 77.0 Å². The van der Waals surface area contributed by atoms with Gasteiger partial charge in [-0.2, -0.15) is 0 Å². The maximum absolute atomic E-state index is 13.0. The number of carbonyl (C=O) groups excluding carboxylic acids is 1. The molecule has 3 heterocycles. The first kappa shape index (κ1) is 20.2. The fraction of sp³-hybridized carbons (Fsp3) is 0.0417. The number of hydrogen-bond acceptors (Lipinski definition) is 7. The van der Waals surface area contributed by atoms with Crippen LogP contribution in [0.15, 0.2) is 72.1 Å². The first-order chi connectivity index (χ1) is 15.6. The lowest BCUT2D eigenvalue weighted by atomic mass is 10.1. The molecule has 0 bridgehead atoms. The Morgan fingerprint density at radius 3 is 2.56 bits per heavy atom. The molecule has 0 atom stereocenters. The summed E-state index contributed by atoms with van der Waals surface area (Å²) in [6.45, 7) is 0. The SMILES string of the molecule is COc1ccccc1-c1csc(NC(=O)c2sc3nc(-c4ccccc4)ccc3c2N)n1. The van der Waals surface area contributed by atoms with Crippen molar-refractivity contribution in [1.29, 1.82) is 0 Å². The lowest BCUT2D eigenvalue weighted by Gasteiger charge is -2.05. The van der Waals surface area contributed by atoms with Gasteiger partial charge in [-0.25, -0.2) is 9.97 Å². The second kappa shape index (κ2) is 8.41. The van der Waals surface area contributed by atoms with Gasteiger partial charge in [-0.3, -0.25) is 10.1 Å². The summed E-state index contributed by atoms with van der Waals surface area (Å²) in [5.74, 6) is 0.428. The Labute approximate surface area is 192 Å². The monoisotopic (exact) mass is 458 g/mol. The molecule has 158 valence electrons. The number of nitrogens with one attached hydrogen (secondary N) is 1. The second-order valence-corrected chi connectivity index (χ2v) is 8.81. The molecule has 0 fully saturated rings. The Morgan fingerprint density at radius 1 is 0.969 bits per heavy atom. The van der Waals surface area contributed by atoms with Crippen LogP contribution in [-0.2, 0) is 0 Å². The molecule has 5 rings (SSSR count). The molecule has 0 unspecified atom stereocenters. The number of pyridine rings is 1. The van der Waals surface area contributed by atoms with Crippen molar-refractivity contribution in [3.8, 4) is 28.3 Å². The van der Waals surface area contributed by atoms with Gasteiger partial charge in [0.2, 0.25) is 0 Å². The molecule has 3 N–H and O–H groups in total. The smallest absolute Gasteiger partial charge is 0.269 e. The minimum atomic E-state index is -0.298. The Balaban J connectivity index is 1.42. The zero-order chi connectivity index (χ0) is 22.1. The molecule has 1 amide bonds. The summed E-state index contributed by atoms with van der Waals surface area (Å²) in [7, 11) is 1.62. The molecule has 0 spiro atoms. The van der Waals surface area contributed by atoms with Crippen LogP contribution >= 0.6 is 22.7 Å². The molecule has 0 aliphatic heterocycles. The third kappa shape index (κ3) is 3.70. The number of nitrogen functional groups attached to an aromatic ring is 1. The summed E-state index contributed by atoms with van der Waals surface area (Å²) in [6, 6.07) is 21.4. The number of anilines is 2. The average Bonchev–Trinajstić information content (AvgIpc) is 3.43. The molecule has 0 saturated carbocycles. The molecule has 0 radical (unpaired) electrons. The van der Waals surface area contributed by atoms with Gasteiger partial charge < -0.3 is 10.5 Å². The van der Waals surface area contributed by atoms with E-state index in [-0.39, 0.29) is 5.91 Å². The first-order valence-electron chi connectivity index (χ1n) is 9.79. The molecule has 32 heavy (non-hydrogen) atoms. The standard InChI is InChI=1S/C24H18N4O2S2/c1-30-19-10-6-5-9-15(19)18-13-31-24(27-18)28-22(29)21-20(25)16-11-12-17(26-23(16)32-21)14-7-3-2-4-8-14/h2-13H,25H2,1H3,(H,27,28,29). The van der Waals surface area contributed by atoms with Gasteiger partial charge in [-0.05, 0) is 24.3 Å². The topological polar surface area (TPSA) is 90.1 Å². The minimum absolute atomic E-state index is 0.298. The minimum Gasteiger partial charge on any atom is -0.496 e. The van der Waals surface area contributed by atoms with E-state index in [4.69, 9.17) is 15.5 Å². The van der Waals surface area contributed by atoms with Crippen molar-refractivity contribution in [3.63, 3.8) is 0 Å². The van der Waals surface area contributed by atoms with Crippen molar-refractivity contribution in [2.75, 3.05) is 18.2 Å². The normalized spacial score (nSPS) is 10.9. The fourth-order valence-corrected chi connectivity index (χ4v) is 5.10. The molecular weight excluding hydrogens is 440 g/mol. The number of benzene rings is 2. The maximum Gasteiger partial charge on any atom is 0.269 e. The van der Waals surface area contributed by atoms with Gasteiger partial charge in [0.1, 0.15) is 15.5 Å². The average molecular weight is 459 g/mol. The summed E-state index contributed by atoms with van der Waals surface area (Å²) in [5.41, 5.74) is 10.2. The second-order valence-electron chi connectivity index (χ2n) is 6.95. The Kier molecular flexibility index (Phi) is 5.30. The van der Waals surface area contributed by atoms with E-state index in [1.807, 2.05) is 72.1 Å². The molecule has 6 nitrogen and oxygen atoms in total. The van der Waals surface area contributed by atoms with Gasteiger partial charge in [0, 0.05) is 21.9 Å². The van der Waals surface area contributed by atoms with E-state index in [1.165, 1.54) is 22.7 Å². The summed E-state index contributed by atoms with van der Waals surface area (Å²) in [5, 5.41) is 6.01. The van der Waals surface area contributed by atoms with Crippen LogP contribution in [0.4, 0.5) is 10.8 Å². The largest absolute Gasteiger partial charge is 0.496 e. The van der Waals surface area contributed by atoms with E-state index in [0.717, 1.165) is 38.5 Å². The van der Waals surface area contributed by atoms with Crippen molar-refractivity contribution in [1.82, 2.24) is 9.97 Å². The van der Waals surface area contributed by atoms with Crippen molar-refractivity contribution < 1.29 is 9.53 Å². The Morgan fingerprint density at radius 2 is 1.75 bits per heavy atom. The van der Waals surface area contributed by atoms with Crippen LogP contribution in [-0.4, -0.2) is 23.0 Å². The van der Waals surface area contributed by atoms with Crippen LogP contribution in [0.5, 0.6) is 5.75 Å². The predicted molar refractivity (Wildman–Crippen MR) is 132 cm³/mol. The highest BCUT2D eigenvalue weighted by molar-refractivity contribution is 7.21. The maximum atomic E-state index is 13.0. The highest BCUT2D eigenvalue weighted by Gasteiger charge is 2.19. The van der Waals surface area contributed by atoms with Crippen LogP contribution in [0, 0.1) is 0 Å². The zero-order valence-electron chi connectivity index (χ0n) is 17.0. The molecule has 2 aromatic carbocycles. The first-order valence-corrected chi connectivity index (χ1v) is 11.5. The van der Waals surface area contributed by atoms with Crippen molar-refractivity contribution >= 4 is 49.6 Å². The molecule has 3 aromatic heterocycles. The van der Waals surface area contributed by atoms with Gasteiger partial charge in [-0.15, -0.1) is 22.7 Å². The zero-order valence-corrected chi connectivity index (χ0v) is 18.7. The Hall–Kier alpha value is -3.75. The molecule has 5 aromatic rings. The number of ether oxygens (including phenoxy) is 1. The number of thiophene rings is 1. The molecular formula is C24H18N4O2S2. The number of fused-ring (bicyclic) bond motifs is 1. The number of para-hydroxylation sites is 1. The number of nitrogens with two attached hydrogens (primary N) is 1. The molecule has 0 aliphatic carbocycles. The number of amides is 1. The van der Waals surface area contributed by atoms with E-state index in [9.17, 15) is 4.79 Å². The number of methoxy groups -OCH3 is 1. The van der Waals surface area contributed by atoms with Gasteiger partial charge >= 0.3 is 0 Å². The molecule has 0 aliphatic rings. The number of carbonyl (C=O) groups is 1. The van der Waals surface area contributed by atoms with E-state index >= 15 is 0 Å². The number of hydrogen-bond donors (Lipinski definition) is 2. The fourth-order valence-electron chi connectivity index (χ4n) is 3.40. The van der Waals surface area contributed by atoms with Crippen molar-refractivity contribution in [2.24, 2.45) is 0 Å². The molecule has 8 heteroatoms. The van der Waals surface area contributed by atoms with Crippen LogP contribution in [0.1, 0.15) is 9.67 Å². The number of aromatic nitrogens is 2. The van der Waals surface area contributed by atoms with E-state index in [1.54, 1.807) is 7.11 Å². The Bertz CT molecular complexity index is 1430. The van der Waals surface area contributed by atoms with Crippen LogP contribution in [0.3, 0.4) is 0 Å². The number of rotatable bonds is 5. The molecule has 0 saturated heterocycles. The van der Waals surface area contributed by atoms with Gasteiger partial charge in [0.25, 0.3) is 5.91 Å². The third-order valence-corrected chi connectivity index (χ3v) is 6.85. The lowest BCUT2D eigenvalue weighted by Crippen LogP contribution is -2.11. The summed E-state index contributed by atoms with van der Waals surface area (Å²) >= 11 is 2.63. The lowest BCUT2D eigenvalue weighted by molar-refractivity contribution is 0.103. The van der Waals surface area contributed by atoms with E-state index in [0.29, 0.717) is 15.7 Å². The van der Waals surface area contributed by atoms with E-state index in [2.05, 4.69) is 10.3 Å². The summed E-state index contributed by atoms with van der Waals surface area (Å²) in [4.78, 5) is 23.4. The van der Waals surface area contributed by atoms with Gasteiger partial charge in [0.05, 0.1) is 24.2 Å². The summed E-state index contributed by atoms with van der Waals surface area (Å²) in [6.07, 6.45) is 0. The predicted octanol–water partition coefficient (Wildman–Crippen LogP) is 5.93. The van der Waals surface area contributed by atoms with Gasteiger partial charge in [0.15, 0.2) is 5.13 Å². The highest BCUT2D eigenvalue weighted by Crippen LogP contribution is 2.36. The van der Waals surface area contributed by atoms with Crippen LogP contribution < -0.4 is 15.8 Å². The quantitative estimate of drug-likeness (QED) is 0.341. The van der Waals surface area contributed by atoms with Crippen LogP contribution in [0.25, 0.3) is 32.7 Å².